The Morgan fingerprint density at radius 1 is 1.04 bits per heavy atom. The fraction of sp³-hybridized carbons (Fsp3) is 0.0667. The van der Waals surface area contributed by atoms with Crippen LogP contribution in [0.3, 0.4) is 0 Å². The van der Waals surface area contributed by atoms with Crippen LogP contribution < -0.4 is 16.2 Å². The number of rotatable bonds is 3. The van der Waals surface area contributed by atoms with E-state index in [1.54, 1.807) is 0 Å². The number of ketones is 1. The first-order valence-electron chi connectivity index (χ1n) is 6.66. The molecule has 2 aromatic rings. The number of nitrogens with one attached hydrogen (secondary N) is 3. The molecule has 125 valence electrons. The fourth-order valence-electron chi connectivity index (χ4n) is 1.84. The topological polar surface area (TPSA) is 100 Å². The normalized spacial score (nSPS) is 9.56. The molecule has 1 radical (unpaired) electrons. The van der Waals surface area contributed by atoms with Crippen LogP contribution in [0.2, 0.25) is 0 Å². The molecule has 0 aliphatic heterocycles. The Morgan fingerprint density at radius 2 is 1.68 bits per heavy atom. The molecule has 0 saturated carbocycles. The van der Waals surface area contributed by atoms with Gasteiger partial charge in [-0.3, -0.25) is 20.0 Å². The van der Waals surface area contributed by atoms with Crippen molar-refractivity contribution in [1.29, 1.82) is 0 Å². The van der Waals surface area contributed by atoms with Crippen LogP contribution >= 0.6 is 0 Å². The van der Waals surface area contributed by atoms with E-state index < -0.39 is 29.4 Å². The largest absolute Gasteiger partial charge is 0.337 e. The number of aromatic nitrogens is 1. The number of hydrogen-bond donors (Lipinski definition) is 3. The van der Waals surface area contributed by atoms with Crippen LogP contribution in [0.1, 0.15) is 27.8 Å². The van der Waals surface area contributed by atoms with Crippen LogP contribution in [-0.2, 0) is 0 Å². The number of hydrogen-bond acceptors (Lipinski definition) is 4. The summed E-state index contributed by atoms with van der Waals surface area (Å²) in [5.74, 6) is -2.92. The molecule has 25 heavy (non-hydrogen) atoms. The Hall–Kier alpha value is -2.36. The molecule has 2 rings (SSSR count). The quantitative estimate of drug-likeness (QED) is 0.442. The van der Waals surface area contributed by atoms with Gasteiger partial charge in [0.2, 0.25) is 0 Å². The molecule has 1 aromatic carbocycles. The van der Waals surface area contributed by atoms with Crippen LogP contribution in [0.4, 0.5) is 19.3 Å². The van der Waals surface area contributed by atoms with Crippen LogP contribution in [0.25, 0.3) is 0 Å². The van der Waals surface area contributed by atoms with E-state index in [9.17, 15) is 23.2 Å². The van der Waals surface area contributed by atoms with Gasteiger partial charge in [0, 0.05) is 54.4 Å². The maximum Gasteiger partial charge on any atom is 0.337 e. The third-order valence-corrected chi connectivity index (χ3v) is 2.80. The van der Waals surface area contributed by atoms with Crippen molar-refractivity contribution in [3.05, 3.63) is 59.4 Å². The van der Waals surface area contributed by atoms with E-state index >= 15 is 0 Å². The molecule has 0 spiro atoms. The maximum absolute atomic E-state index is 13.0. The Kier molecular flexibility index (Phi) is 7.62. The summed E-state index contributed by atoms with van der Waals surface area (Å²) in [4.78, 5) is 38.8. The predicted octanol–water partition coefficient (Wildman–Crippen LogP) is 1.65. The molecule has 7 nitrogen and oxygen atoms in total. The Balaban J connectivity index is 0.00000312. The summed E-state index contributed by atoms with van der Waals surface area (Å²) < 4.78 is 26.0. The number of Topliss-reactive ketones (excluding diaryl/α,β-unsaturated/α-hetero) is 1. The number of carbonyl (C=O) groups is 3. The van der Waals surface area contributed by atoms with E-state index in [1.807, 2.05) is 5.43 Å². The third-order valence-electron chi connectivity index (χ3n) is 2.80. The van der Waals surface area contributed by atoms with Gasteiger partial charge in [-0.25, -0.2) is 19.0 Å². The van der Waals surface area contributed by atoms with E-state index in [0.29, 0.717) is 6.07 Å². The fourth-order valence-corrected chi connectivity index (χ4v) is 1.84. The summed E-state index contributed by atoms with van der Waals surface area (Å²) in [5, 5.41) is 2.14. The van der Waals surface area contributed by atoms with Crippen molar-refractivity contribution >= 4 is 53.0 Å². The summed E-state index contributed by atoms with van der Waals surface area (Å²) in [6, 6.07) is 4.34. The molecule has 3 amide bonds. The van der Waals surface area contributed by atoms with Crippen molar-refractivity contribution in [2.24, 2.45) is 0 Å². The first-order valence-corrected chi connectivity index (χ1v) is 6.66. The Labute approximate surface area is 163 Å². The molecule has 0 aliphatic rings. The van der Waals surface area contributed by atoms with Crippen molar-refractivity contribution < 1.29 is 23.2 Å². The maximum atomic E-state index is 13.0. The Bertz CT molecular complexity index is 797. The molecular formula is C15H12F2N4NaO3. The first-order chi connectivity index (χ1) is 11.4. The SMILES string of the molecule is CC(=O)c1ncccc1C(=O)NNC(=O)Nc1cc(F)cc(F)c1.[Na]. The van der Waals surface area contributed by atoms with Crippen molar-refractivity contribution in [2.45, 2.75) is 6.92 Å². The van der Waals surface area contributed by atoms with Gasteiger partial charge in [-0.15, -0.1) is 0 Å². The smallest absolute Gasteiger partial charge is 0.306 e. The molecule has 0 unspecified atom stereocenters. The van der Waals surface area contributed by atoms with Crippen LogP contribution in [0.15, 0.2) is 36.5 Å². The van der Waals surface area contributed by atoms with Gasteiger partial charge in [0.1, 0.15) is 17.3 Å². The molecule has 0 fully saturated rings. The first kappa shape index (κ1) is 20.7. The zero-order valence-electron chi connectivity index (χ0n) is 13.4. The molecule has 0 aliphatic carbocycles. The Morgan fingerprint density at radius 3 is 2.28 bits per heavy atom. The zero-order valence-corrected chi connectivity index (χ0v) is 15.4. The number of amides is 3. The average Bonchev–Trinajstić information content (AvgIpc) is 2.51. The minimum atomic E-state index is -0.929. The minimum Gasteiger partial charge on any atom is -0.306 e. The summed E-state index contributed by atoms with van der Waals surface area (Å²) >= 11 is 0. The second-order valence-corrected chi connectivity index (χ2v) is 4.65. The van der Waals surface area contributed by atoms with Crippen LogP contribution in [0.5, 0.6) is 0 Å². The standard InChI is InChI=1S/C15H12F2N4O3.Na/c1-8(22)13-12(3-2-4-18-13)14(23)20-21-15(24)19-11-6-9(16)5-10(17)7-11;/h2-7H,1H3,(H,20,23)(H2,19,21,24);. The van der Waals surface area contributed by atoms with E-state index in [0.717, 1.165) is 12.1 Å². The van der Waals surface area contributed by atoms with Gasteiger partial charge < -0.3 is 5.32 Å². The number of pyridine rings is 1. The number of hydrazine groups is 1. The number of nitrogens with zero attached hydrogens (tertiary/aromatic N) is 1. The summed E-state index contributed by atoms with van der Waals surface area (Å²) in [6.07, 6.45) is 1.35. The summed E-state index contributed by atoms with van der Waals surface area (Å²) in [7, 11) is 0. The third kappa shape index (κ3) is 5.89. The molecule has 1 aromatic heterocycles. The van der Waals surface area contributed by atoms with Gasteiger partial charge in [0.05, 0.1) is 5.56 Å². The molecule has 0 atom stereocenters. The van der Waals surface area contributed by atoms with Gasteiger partial charge in [0.25, 0.3) is 5.91 Å². The average molecular weight is 357 g/mol. The number of anilines is 1. The van der Waals surface area contributed by atoms with Crippen LogP contribution in [0, 0.1) is 11.6 Å². The predicted molar refractivity (Wildman–Crippen MR) is 86.0 cm³/mol. The van der Waals surface area contributed by atoms with Gasteiger partial charge in [-0.2, -0.15) is 0 Å². The van der Waals surface area contributed by atoms with Gasteiger partial charge in [-0.05, 0) is 24.3 Å². The number of halogens is 2. The van der Waals surface area contributed by atoms with Crippen molar-refractivity contribution in [1.82, 2.24) is 15.8 Å². The number of benzene rings is 1. The van der Waals surface area contributed by atoms with Crippen molar-refractivity contribution in [3.63, 3.8) is 0 Å². The van der Waals surface area contributed by atoms with E-state index in [4.69, 9.17) is 0 Å². The van der Waals surface area contributed by atoms with Gasteiger partial charge >= 0.3 is 6.03 Å². The van der Waals surface area contributed by atoms with Gasteiger partial charge in [-0.1, -0.05) is 0 Å². The molecule has 3 N–H and O–H groups in total. The molecule has 0 bridgehead atoms. The van der Waals surface area contributed by atoms with Crippen LogP contribution in [-0.4, -0.2) is 52.3 Å². The van der Waals surface area contributed by atoms with E-state index in [2.05, 4.69) is 15.7 Å². The van der Waals surface area contributed by atoms with Crippen molar-refractivity contribution in [2.75, 3.05) is 5.32 Å². The summed E-state index contributed by atoms with van der Waals surface area (Å²) in [6.45, 7) is 1.25. The molecule has 0 saturated heterocycles. The van der Waals surface area contributed by atoms with Gasteiger partial charge in [0.15, 0.2) is 5.78 Å². The van der Waals surface area contributed by atoms with Crippen molar-refractivity contribution in [3.8, 4) is 0 Å². The molecule has 10 heteroatoms. The summed E-state index contributed by atoms with van der Waals surface area (Å²) in [5.41, 5.74) is 3.85. The van der Waals surface area contributed by atoms with E-state index in [-0.39, 0.29) is 46.5 Å². The number of carbonyl (C=O) groups excluding carboxylic acids is 3. The molecule has 1 heterocycles. The second-order valence-electron chi connectivity index (χ2n) is 4.65. The minimum absolute atomic E-state index is 0. The zero-order chi connectivity index (χ0) is 17.7. The second kappa shape index (κ2) is 9.21. The number of urea groups is 1. The monoisotopic (exact) mass is 357 g/mol. The molecular weight excluding hydrogens is 345 g/mol. The van der Waals surface area contributed by atoms with E-state index in [1.165, 1.54) is 25.3 Å².